The number of rotatable bonds is 2. The van der Waals surface area contributed by atoms with Gasteiger partial charge in [-0.15, -0.1) is 0 Å². The van der Waals surface area contributed by atoms with Crippen LogP contribution in [0.5, 0.6) is 0 Å². The fourth-order valence-electron chi connectivity index (χ4n) is 2.80. The molecule has 1 N–H and O–H groups in total. The van der Waals surface area contributed by atoms with Crippen LogP contribution in [0.1, 0.15) is 30.5 Å². The Labute approximate surface area is 125 Å². The highest BCUT2D eigenvalue weighted by molar-refractivity contribution is 6.24. The minimum absolute atomic E-state index is 0.562. The maximum atomic E-state index is 9.51. The number of hydrogen-bond donors (Lipinski definition) is 1. The molecule has 0 amide bonds. The Bertz CT molecular complexity index is 715. The smallest absolute Gasteiger partial charge is 0.118 e. The van der Waals surface area contributed by atoms with Crippen molar-refractivity contribution in [3.63, 3.8) is 0 Å². The van der Waals surface area contributed by atoms with Crippen molar-refractivity contribution in [2.75, 3.05) is 0 Å². The molecule has 2 nitrogen and oxygen atoms in total. The lowest BCUT2D eigenvalue weighted by molar-refractivity contribution is 0.319. The number of benzene rings is 1. The van der Waals surface area contributed by atoms with E-state index in [0.717, 1.165) is 33.4 Å². The molecule has 0 fully saturated rings. The van der Waals surface area contributed by atoms with Crippen LogP contribution >= 0.6 is 0 Å². The number of allylic oxidation sites excluding steroid dienone is 7. The Hall–Kier alpha value is -2.61. The third-order valence-electron chi connectivity index (χ3n) is 3.64. The van der Waals surface area contributed by atoms with Crippen LogP contribution in [0.4, 0.5) is 0 Å². The maximum absolute atomic E-state index is 9.51. The lowest BCUT2D eigenvalue weighted by atomic mass is 9.76. The van der Waals surface area contributed by atoms with Crippen molar-refractivity contribution < 1.29 is 5.21 Å². The van der Waals surface area contributed by atoms with Gasteiger partial charge in [-0.2, -0.15) is 0 Å². The summed E-state index contributed by atoms with van der Waals surface area (Å²) in [6.45, 7) is 11.6. The van der Waals surface area contributed by atoms with Crippen LogP contribution in [0.2, 0.25) is 0 Å². The molecule has 21 heavy (non-hydrogen) atoms. The highest BCUT2D eigenvalue weighted by atomic mass is 16.4. The van der Waals surface area contributed by atoms with Gasteiger partial charge in [-0.05, 0) is 36.1 Å². The Morgan fingerprint density at radius 2 is 1.76 bits per heavy atom. The first-order valence-corrected chi connectivity index (χ1v) is 6.88. The average Bonchev–Trinajstić information content (AvgIpc) is 2.53. The van der Waals surface area contributed by atoms with Gasteiger partial charge in [0.05, 0.1) is 0 Å². The van der Waals surface area contributed by atoms with Gasteiger partial charge in [0.15, 0.2) is 0 Å². The van der Waals surface area contributed by atoms with E-state index in [2.05, 4.69) is 24.4 Å². The second-order valence-corrected chi connectivity index (χ2v) is 4.64. The molecule has 0 unspecified atom stereocenters. The van der Waals surface area contributed by atoms with Gasteiger partial charge in [0.1, 0.15) is 5.71 Å². The fraction of sp³-hybridized carbons (Fsp3) is 0.105. The summed E-state index contributed by atoms with van der Waals surface area (Å²) in [5.41, 5.74) is 6.57. The molecule has 0 bridgehead atoms. The van der Waals surface area contributed by atoms with E-state index in [4.69, 9.17) is 0 Å². The number of fused-ring (bicyclic) bond motifs is 1. The first-order valence-electron chi connectivity index (χ1n) is 6.88. The van der Waals surface area contributed by atoms with Crippen molar-refractivity contribution in [1.82, 2.24) is 0 Å². The van der Waals surface area contributed by atoms with E-state index in [-0.39, 0.29) is 0 Å². The molecule has 1 aliphatic carbocycles. The standard InChI is InChI=1S/C19H19NO/c1-5-10-16-14(7-3)15(8-4)18-13(6-2)11-9-12-17(18)19(16)20-21/h5-12,21H,1-2H2,3-4H3/b14-7-,15-8-,16-10+,20-19-. The van der Waals surface area contributed by atoms with Gasteiger partial charge in [-0.25, -0.2) is 0 Å². The van der Waals surface area contributed by atoms with Crippen molar-refractivity contribution in [1.29, 1.82) is 0 Å². The highest BCUT2D eigenvalue weighted by Crippen LogP contribution is 2.40. The highest BCUT2D eigenvalue weighted by Gasteiger charge is 2.28. The van der Waals surface area contributed by atoms with Gasteiger partial charge < -0.3 is 5.21 Å². The van der Waals surface area contributed by atoms with E-state index in [0.29, 0.717) is 5.71 Å². The summed E-state index contributed by atoms with van der Waals surface area (Å²) in [4.78, 5) is 0. The summed E-state index contributed by atoms with van der Waals surface area (Å²) < 4.78 is 0. The number of oxime groups is 1. The normalized spacial score (nSPS) is 21.8. The molecule has 1 aromatic rings. The molecule has 0 atom stereocenters. The molecule has 1 aromatic carbocycles. The summed E-state index contributed by atoms with van der Waals surface area (Å²) in [5, 5.41) is 13.0. The summed E-state index contributed by atoms with van der Waals surface area (Å²) in [5.74, 6) is 0. The van der Waals surface area contributed by atoms with Crippen LogP contribution in [-0.4, -0.2) is 10.9 Å². The Morgan fingerprint density at radius 3 is 2.29 bits per heavy atom. The van der Waals surface area contributed by atoms with Crippen LogP contribution in [0.25, 0.3) is 11.6 Å². The van der Waals surface area contributed by atoms with Crippen LogP contribution in [0, 0.1) is 0 Å². The van der Waals surface area contributed by atoms with Gasteiger partial charge in [-0.3, -0.25) is 0 Å². The predicted octanol–water partition coefficient (Wildman–Crippen LogP) is 4.98. The molecular weight excluding hydrogens is 258 g/mol. The molecule has 0 radical (unpaired) electrons. The van der Waals surface area contributed by atoms with Gasteiger partial charge >= 0.3 is 0 Å². The zero-order valence-electron chi connectivity index (χ0n) is 12.4. The minimum atomic E-state index is 0.562. The lowest BCUT2D eigenvalue weighted by Gasteiger charge is -2.27. The second kappa shape index (κ2) is 6.23. The van der Waals surface area contributed by atoms with E-state index in [1.54, 1.807) is 6.08 Å². The SMILES string of the molecule is C=C/C=C1\C(=C/C)\C(=C\C)c2c(C=C)cccc2\C1=N/O. The average molecular weight is 277 g/mol. The fourth-order valence-corrected chi connectivity index (χ4v) is 2.80. The van der Waals surface area contributed by atoms with Gasteiger partial charge in [0.25, 0.3) is 0 Å². The van der Waals surface area contributed by atoms with E-state index in [9.17, 15) is 5.21 Å². The third-order valence-corrected chi connectivity index (χ3v) is 3.64. The molecular formula is C19H19NO. The zero-order valence-corrected chi connectivity index (χ0v) is 12.4. The van der Waals surface area contributed by atoms with Crippen LogP contribution in [0.15, 0.2) is 72.0 Å². The van der Waals surface area contributed by atoms with Crippen LogP contribution < -0.4 is 0 Å². The molecule has 0 aliphatic heterocycles. The molecule has 2 rings (SSSR count). The second-order valence-electron chi connectivity index (χ2n) is 4.64. The minimum Gasteiger partial charge on any atom is -0.410 e. The molecule has 0 heterocycles. The first kappa shape index (κ1) is 14.8. The summed E-state index contributed by atoms with van der Waals surface area (Å²) in [6.07, 6.45) is 9.51. The summed E-state index contributed by atoms with van der Waals surface area (Å²) in [7, 11) is 0. The topological polar surface area (TPSA) is 32.6 Å². The van der Waals surface area contributed by atoms with Crippen molar-refractivity contribution in [2.24, 2.45) is 5.16 Å². The Morgan fingerprint density at radius 1 is 1.05 bits per heavy atom. The Balaban J connectivity index is 2.94. The monoisotopic (exact) mass is 277 g/mol. The summed E-state index contributed by atoms with van der Waals surface area (Å²) >= 11 is 0. The predicted molar refractivity (Wildman–Crippen MR) is 90.5 cm³/mol. The van der Waals surface area contributed by atoms with E-state index < -0.39 is 0 Å². The van der Waals surface area contributed by atoms with Crippen LogP contribution in [0.3, 0.4) is 0 Å². The number of hydrogen-bond acceptors (Lipinski definition) is 2. The number of nitrogens with zero attached hydrogens (tertiary/aromatic N) is 1. The largest absolute Gasteiger partial charge is 0.410 e. The van der Waals surface area contributed by atoms with Gasteiger partial charge in [-0.1, -0.05) is 66.9 Å². The lowest BCUT2D eigenvalue weighted by Crippen LogP contribution is -2.18. The molecule has 1 aliphatic rings. The first-order chi connectivity index (χ1) is 10.2. The van der Waals surface area contributed by atoms with Crippen molar-refractivity contribution in [2.45, 2.75) is 13.8 Å². The molecule has 0 saturated carbocycles. The van der Waals surface area contributed by atoms with E-state index in [1.807, 2.05) is 50.3 Å². The molecule has 0 spiro atoms. The van der Waals surface area contributed by atoms with Gasteiger partial charge in [0.2, 0.25) is 0 Å². The molecule has 2 heteroatoms. The van der Waals surface area contributed by atoms with Crippen molar-refractivity contribution >= 4 is 17.4 Å². The molecule has 0 aromatic heterocycles. The quantitative estimate of drug-likeness (QED) is 0.600. The molecule has 0 saturated heterocycles. The Kier molecular flexibility index (Phi) is 4.39. The van der Waals surface area contributed by atoms with Gasteiger partial charge in [0, 0.05) is 11.1 Å². The molecule has 106 valence electrons. The summed E-state index contributed by atoms with van der Waals surface area (Å²) in [6, 6.07) is 5.92. The van der Waals surface area contributed by atoms with E-state index in [1.165, 1.54) is 0 Å². The van der Waals surface area contributed by atoms with Crippen LogP contribution in [-0.2, 0) is 0 Å². The zero-order chi connectivity index (χ0) is 15.4. The maximum Gasteiger partial charge on any atom is 0.118 e. The van der Waals surface area contributed by atoms with Crippen molar-refractivity contribution in [3.8, 4) is 0 Å². The van der Waals surface area contributed by atoms with Crippen molar-refractivity contribution in [3.05, 3.63) is 83.5 Å². The third kappa shape index (κ3) is 2.29. The van der Waals surface area contributed by atoms with E-state index >= 15 is 0 Å².